The molecule has 1 rings (SSSR count). The average Bonchev–Trinajstić information content (AvgIpc) is 1.89. The third-order valence-corrected chi connectivity index (χ3v) is 2.02. The van der Waals surface area contributed by atoms with Crippen molar-refractivity contribution in [2.75, 3.05) is 13.1 Å². The van der Waals surface area contributed by atoms with Gasteiger partial charge in [-0.3, -0.25) is 0 Å². The van der Waals surface area contributed by atoms with Gasteiger partial charge in [-0.15, -0.1) is 0 Å². The Morgan fingerprint density at radius 1 is 1.67 bits per heavy atom. The lowest BCUT2D eigenvalue weighted by Gasteiger charge is -2.25. The Hall–Kier alpha value is -0.0800. The maximum absolute atomic E-state index is 9.31. The third-order valence-electron chi connectivity index (χ3n) is 2.02. The van der Waals surface area contributed by atoms with Gasteiger partial charge in [-0.05, 0) is 18.8 Å². The molecule has 0 aromatic rings. The quantitative estimate of drug-likeness (QED) is 0.544. The van der Waals surface area contributed by atoms with Crippen molar-refractivity contribution in [3.63, 3.8) is 0 Å². The van der Waals surface area contributed by atoms with E-state index in [9.17, 15) is 5.11 Å². The standard InChI is InChI=1S/C7H14NO/c1-2-6-5-8-4-3-7(6)9/h6-7,9H,2-5H2,1H3. The summed E-state index contributed by atoms with van der Waals surface area (Å²) in [5.41, 5.74) is 0. The van der Waals surface area contributed by atoms with Crippen molar-refractivity contribution in [3.05, 3.63) is 0 Å². The van der Waals surface area contributed by atoms with E-state index in [-0.39, 0.29) is 6.10 Å². The van der Waals surface area contributed by atoms with Crippen LogP contribution in [0.15, 0.2) is 0 Å². The first-order valence-electron chi connectivity index (χ1n) is 3.66. The second kappa shape index (κ2) is 3.18. The maximum atomic E-state index is 9.31. The summed E-state index contributed by atoms with van der Waals surface area (Å²) in [6.07, 6.45) is 1.86. The Bertz CT molecular complexity index is 85.0. The molecule has 0 saturated carbocycles. The molecule has 1 aliphatic rings. The molecule has 0 amide bonds. The van der Waals surface area contributed by atoms with Gasteiger partial charge in [0.15, 0.2) is 0 Å². The Kier molecular flexibility index (Phi) is 2.49. The summed E-state index contributed by atoms with van der Waals surface area (Å²) >= 11 is 0. The van der Waals surface area contributed by atoms with Gasteiger partial charge in [-0.2, -0.15) is 0 Å². The molecule has 53 valence electrons. The Labute approximate surface area is 56.3 Å². The number of hydrogen-bond donors (Lipinski definition) is 1. The average molecular weight is 128 g/mol. The molecule has 1 aliphatic heterocycles. The second-order valence-corrected chi connectivity index (χ2v) is 2.65. The lowest BCUT2D eigenvalue weighted by Crippen LogP contribution is -2.35. The van der Waals surface area contributed by atoms with Crippen molar-refractivity contribution >= 4 is 0 Å². The number of rotatable bonds is 1. The maximum Gasteiger partial charge on any atom is 0.0593 e. The fourth-order valence-corrected chi connectivity index (χ4v) is 1.24. The minimum Gasteiger partial charge on any atom is -0.393 e. The number of nitrogens with zero attached hydrogens (tertiary/aromatic N) is 1. The highest BCUT2D eigenvalue weighted by atomic mass is 16.3. The van der Waals surface area contributed by atoms with Crippen molar-refractivity contribution in [1.82, 2.24) is 5.32 Å². The minimum atomic E-state index is -0.0764. The predicted octanol–water partition coefficient (Wildman–Crippen LogP) is 0.382. The molecule has 2 atom stereocenters. The molecule has 1 heterocycles. The van der Waals surface area contributed by atoms with Crippen LogP contribution in [-0.4, -0.2) is 24.3 Å². The van der Waals surface area contributed by atoms with Gasteiger partial charge in [0.2, 0.25) is 0 Å². The predicted molar refractivity (Wildman–Crippen MR) is 36.3 cm³/mol. The first-order valence-corrected chi connectivity index (χ1v) is 3.66. The normalized spacial score (nSPS) is 36.7. The van der Waals surface area contributed by atoms with Gasteiger partial charge < -0.3 is 5.11 Å². The molecule has 9 heavy (non-hydrogen) atoms. The summed E-state index contributed by atoms with van der Waals surface area (Å²) in [6.45, 7) is 3.84. The van der Waals surface area contributed by atoms with Crippen molar-refractivity contribution in [3.8, 4) is 0 Å². The van der Waals surface area contributed by atoms with Crippen LogP contribution in [0.5, 0.6) is 0 Å². The van der Waals surface area contributed by atoms with Gasteiger partial charge in [0, 0.05) is 13.1 Å². The largest absolute Gasteiger partial charge is 0.393 e. The van der Waals surface area contributed by atoms with Crippen molar-refractivity contribution in [1.29, 1.82) is 0 Å². The lowest BCUT2D eigenvalue weighted by atomic mass is 9.94. The van der Waals surface area contributed by atoms with E-state index < -0.39 is 0 Å². The van der Waals surface area contributed by atoms with Crippen LogP contribution < -0.4 is 5.32 Å². The highest BCUT2D eigenvalue weighted by molar-refractivity contribution is 4.75. The van der Waals surface area contributed by atoms with Crippen molar-refractivity contribution in [2.24, 2.45) is 5.92 Å². The number of aliphatic hydroxyl groups is 1. The van der Waals surface area contributed by atoms with Crippen LogP contribution in [0.25, 0.3) is 0 Å². The molecule has 2 heteroatoms. The Balaban J connectivity index is 2.30. The van der Waals surface area contributed by atoms with Gasteiger partial charge in [0.25, 0.3) is 0 Å². The van der Waals surface area contributed by atoms with Crippen LogP contribution in [0.3, 0.4) is 0 Å². The Morgan fingerprint density at radius 2 is 2.44 bits per heavy atom. The summed E-state index contributed by atoms with van der Waals surface area (Å²) in [4.78, 5) is 0. The summed E-state index contributed by atoms with van der Waals surface area (Å²) in [5.74, 6) is 0.443. The topological polar surface area (TPSA) is 34.3 Å². The summed E-state index contributed by atoms with van der Waals surface area (Å²) in [7, 11) is 0. The fraction of sp³-hybridized carbons (Fsp3) is 1.00. The second-order valence-electron chi connectivity index (χ2n) is 2.65. The lowest BCUT2D eigenvalue weighted by molar-refractivity contribution is 0.0759. The zero-order chi connectivity index (χ0) is 6.69. The summed E-state index contributed by atoms with van der Waals surface area (Å²) in [5, 5.41) is 13.5. The first-order chi connectivity index (χ1) is 4.34. The van der Waals surface area contributed by atoms with Crippen LogP contribution in [0, 0.1) is 5.92 Å². The molecule has 0 aromatic heterocycles. The molecule has 0 aliphatic carbocycles. The fourth-order valence-electron chi connectivity index (χ4n) is 1.24. The molecule has 0 aromatic carbocycles. The molecule has 1 saturated heterocycles. The van der Waals surface area contributed by atoms with Gasteiger partial charge in [-0.1, -0.05) is 6.92 Å². The molecule has 1 radical (unpaired) electrons. The van der Waals surface area contributed by atoms with E-state index in [0.717, 1.165) is 25.9 Å². The van der Waals surface area contributed by atoms with Gasteiger partial charge >= 0.3 is 0 Å². The molecule has 0 spiro atoms. The molecule has 2 unspecified atom stereocenters. The summed E-state index contributed by atoms with van der Waals surface area (Å²) in [6, 6.07) is 0. The smallest absolute Gasteiger partial charge is 0.0593 e. The van der Waals surface area contributed by atoms with Gasteiger partial charge in [-0.25, -0.2) is 5.32 Å². The third kappa shape index (κ3) is 1.66. The van der Waals surface area contributed by atoms with E-state index in [2.05, 4.69) is 12.2 Å². The molecular formula is C7H14NO. The Morgan fingerprint density at radius 3 is 2.89 bits per heavy atom. The van der Waals surface area contributed by atoms with Crippen molar-refractivity contribution < 1.29 is 5.11 Å². The van der Waals surface area contributed by atoms with E-state index in [4.69, 9.17) is 0 Å². The zero-order valence-electron chi connectivity index (χ0n) is 5.88. The number of hydrogen-bond acceptors (Lipinski definition) is 1. The van der Waals surface area contributed by atoms with E-state index >= 15 is 0 Å². The monoisotopic (exact) mass is 128 g/mol. The SMILES string of the molecule is CCC1C[N]CCC1O. The van der Waals surface area contributed by atoms with Crippen LogP contribution in [-0.2, 0) is 0 Å². The van der Waals surface area contributed by atoms with Crippen LogP contribution >= 0.6 is 0 Å². The van der Waals surface area contributed by atoms with Crippen LogP contribution in [0.2, 0.25) is 0 Å². The van der Waals surface area contributed by atoms with Gasteiger partial charge in [0.1, 0.15) is 0 Å². The van der Waals surface area contributed by atoms with Crippen LogP contribution in [0.4, 0.5) is 0 Å². The molecular weight excluding hydrogens is 114 g/mol. The minimum absolute atomic E-state index is 0.0764. The van der Waals surface area contributed by atoms with E-state index in [1.807, 2.05) is 0 Å². The first kappa shape index (κ1) is 7.03. The van der Waals surface area contributed by atoms with E-state index in [1.165, 1.54) is 0 Å². The molecule has 0 bridgehead atoms. The van der Waals surface area contributed by atoms with Gasteiger partial charge in [0.05, 0.1) is 6.10 Å². The van der Waals surface area contributed by atoms with Crippen molar-refractivity contribution in [2.45, 2.75) is 25.9 Å². The van der Waals surface area contributed by atoms with Crippen LogP contribution in [0.1, 0.15) is 19.8 Å². The molecule has 1 fully saturated rings. The van der Waals surface area contributed by atoms with E-state index in [1.54, 1.807) is 0 Å². The number of piperidine rings is 1. The molecule has 2 nitrogen and oxygen atoms in total. The highest BCUT2D eigenvalue weighted by Crippen LogP contribution is 2.14. The molecule has 1 N–H and O–H groups in total. The summed E-state index contributed by atoms with van der Waals surface area (Å²) < 4.78 is 0. The number of aliphatic hydroxyl groups excluding tert-OH is 1. The zero-order valence-corrected chi connectivity index (χ0v) is 5.88. The highest BCUT2D eigenvalue weighted by Gasteiger charge is 2.20. The van der Waals surface area contributed by atoms with E-state index in [0.29, 0.717) is 5.92 Å².